The number of H-pyrrole nitrogens is 1. The maximum atomic E-state index is 6.75. The van der Waals surface area contributed by atoms with Crippen LogP contribution in [0.15, 0.2) is 24.5 Å². The van der Waals surface area contributed by atoms with Crippen LogP contribution in [0, 0.1) is 17.3 Å². The van der Waals surface area contributed by atoms with Crippen LogP contribution in [0.3, 0.4) is 0 Å². The van der Waals surface area contributed by atoms with E-state index in [0.29, 0.717) is 17.3 Å². The van der Waals surface area contributed by atoms with Crippen molar-refractivity contribution in [3.63, 3.8) is 0 Å². The summed E-state index contributed by atoms with van der Waals surface area (Å²) in [7, 11) is 0. The van der Waals surface area contributed by atoms with Crippen molar-refractivity contribution in [2.24, 2.45) is 17.3 Å². The molecule has 1 heterocycles. The Balaban J connectivity index is 2.12. The minimum absolute atomic E-state index is 0.279. The highest BCUT2D eigenvalue weighted by molar-refractivity contribution is 5.75. The van der Waals surface area contributed by atoms with E-state index in [1.165, 1.54) is 51.5 Å². The van der Waals surface area contributed by atoms with Gasteiger partial charge in [0.1, 0.15) is 11.9 Å². The molecule has 0 aliphatic rings. The Labute approximate surface area is 203 Å². The molecule has 0 bridgehead atoms. The molecule has 3 unspecified atom stereocenters. The van der Waals surface area contributed by atoms with Crippen LogP contribution in [-0.4, -0.2) is 40.6 Å². The van der Waals surface area contributed by atoms with Gasteiger partial charge in [-0.1, -0.05) is 67.7 Å². The largest absolute Gasteiger partial charge is 0.490 e. The third-order valence-corrected chi connectivity index (χ3v) is 6.91. The van der Waals surface area contributed by atoms with Crippen molar-refractivity contribution in [3.8, 4) is 5.75 Å². The van der Waals surface area contributed by atoms with Gasteiger partial charge in [-0.2, -0.15) is 0 Å². The number of unbranched alkanes of at least 4 members (excludes halogenated alkanes) is 2. The van der Waals surface area contributed by atoms with Crippen LogP contribution < -0.4 is 4.74 Å². The van der Waals surface area contributed by atoms with Crippen LogP contribution in [0.2, 0.25) is 0 Å². The second kappa shape index (κ2) is 14.0. The third-order valence-electron chi connectivity index (χ3n) is 6.91. The Morgan fingerprint density at radius 2 is 1.79 bits per heavy atom. The number of ether oxygens (including phenoxy) is 1. The molecule has 188 valence electrons. The first kappa shape index (κ1) is 27.7. The Kier molecular flexibility index (Phi) is 11.7. The molecule has 0 spiro atoms. The summed E-state index contributed by atoms with van der Waals surface area (Å²) in [6, 6.07) is 6.29. The molecule has 0 aliphatic carbocycles. The van der Waals surface area contributed by atoms with E-state index < -0.39 is 0 Å². The highest BCUT2D eigenvalue weighted by Gasteiger charge is 2.27. The number of nitrogens with zero attached hydrogens (tertiary/aromatic N) is 2. The number of benzene rings is 1. The lowest BCUT2D eigenvalue weighted by molar-refractivity contribution is 0.0929. The molecule has 2 aromatic rings. The smallest absolute Gasteiger partial charge is 0.121 e. The number of fused-ring (bicyclic) bond motifs is 1. The molecule has 1 N–H and O–H groups in total. The third kappa shape index (κ3) is 10.1. The van der Waals surface area contributed by atoms with Crippen molar-refractivity contribution in [3.05, 3.63) is 24.5 Å². The lowest BCUT2D eigenvalue weighted by Gasteiger charge is -2.32. The number of nitrogens with one attached hydrogen (secondary N) is 1. The summed E-state index contributed by atoms with van der Waals surface area (Å²) >= 11 is 0. The maximum absolute atomic E-state index is 6.75. The second-order valence-electron chi connectivity index (χ2n) is 11.3. The van der Waals surface area contributed by atoms with Crippen LogP contribution >= 0.6 is 0 Å². The zero-order valence-electron chi connectivity index (χ0n) is 22.6. The van der Waals surface area contributed by atoms with Crippen molar-refractivity contribution >= 4 is 11.0 Å². The number of aromatic amines is 1. The summed E-state index contributed by atoms with van der Waals surface area (Å²) in [5.41, 5.74) is 2.43. The van der Waals surface area contributed by atoms with Gasteiger partial charge in [-0.25, -0.2) is 4.98 Å². The van der Waals surface area contributed by atoms with Crippen molar-refractivity contribution < 1.29 is 4.74 Å². The molecule has 4 heteroatoms. The Bertz CT molecular complexity index is 775. The van der Waals surface area contributed by atoms with Crippen LogP contribution in [0.4, 0.5) is 0 Å². The number of hydrogen-bond acceptors (Lipinski definition) is 3. The molecule has 0 saturated heterocycles. The maximum Gasteiger partial charge on any atom is 0.121 e. The van der Waals surface area contributed by atoms with E-state index in [0.717, 1.165) is 36.3 Å². The van der Waals surface area contributed by atoms with Crippen molar-refractivity contribution in [2.75, 3.05) is 19.6 Å². The average Bonchev–Trinajstić information content (AvgIpc) is 3.22. The van der Waals surface area contributed by atoms with Crippen LogP contribution in [0.25, 0.3) is 11.0 Å². The summed E-state index contributed by atoms with van der Waals surface area (Å²) in [5.74, 6) is 2.29. The molecule has 4 nitrogen and oxygen atoms in total. The molecule has 0 amide bonds. The van der Waals surface area contributed by atoms with Gasteiger partial charge in [0.05, 0.1) is 17.4 Å². The minimum atomic E-state index is 0.279. The van der Waals surface area contributed by atoms with Gasteiger partial charge in [-0.05, 0) is 81.1 Å². The summed E-state index contributed by atoms with van der Waals surface area (Å²) in [4.78, 5) is 10.1. The fraction of sp³-hybridized carbons (Fsp3) is 0.759. The van der Waals surface area contributed by atoms with Gasteiger partial charge in [0, 0.05) is 6.07 Å². The SMILES string of the molecule is CCCCC(Oc1ccc2nc[nH]c2c1)C(CCCCN(CC)CC)CC(C)CC(C)(C)C. The Hall–Kier alpha value is -1.55. The van der Waals surface area contributed by atoms with E-state index in [1.54, 1.807) is 6.33 Å². The molecule has 0 saturated carbocycles. The van der Waals surface area contributed by atoms with Crippen molar-refractivity contribution in [2.45, 2.75) is 106 Å². The monoisotopic (exact) mass is 457 g/mol. The molecular formula is C29H51N3O. The average molecular weight is 458 g/mol. The lowest BCUT2D eigenvalue weighted by atomic mass is 9.78. The van der Waals surface area contributed by atoms with Crippen molar-refractivity contribution in [1.82, 2.24) is 14.9 Å². The molecule has 0 fully saturated rings. The first-order valence-corrected chi connectivity index (χ1v) is 13.6. The second-order valence-corrected chi connectivity index (χ2v) is 11.3. The quantitative estimate of drug-likeness (QED) is 0.259. The predicted molar refractivity (Wildman–Crippen MR) is 143 cm³/mol. The minimum Gasteiger partial charge on any atom is -0.490 e. The van der Waals surface area contributed by atoms with Gasteiger partial charge in [-0.3, -0.25) is 0 Å². The number of hydrogen-bond donors (Lipinski definition) is 1. The fourth-order valence-electron chi connectivity index (χ4n) is 5.34. The topological polar surface area (TPSA) is 41.1 Å². The normalized spacial score (nSPS) is 15.2. The number of aromatic nitrogens is 2. The standard InChI is InChI=1S/C29H51N3O/c1-8-11-15-28(33-25-16-17-26-27(20-25)31-22-30-26)24(19-23(4)21-29(5,6)7)14-12-13-18-32(9-2)10-3/h16-17,20,22-24,28H,8-15,18-19,21H2,1-7H3,(H,30,31). The van der Waals surface area contributed by atoms with Crippen LogP contribution in [-0.2, 0) is 0 Å². The van der Waals surface area contributed by atoms with Crippen LogP contribution in [0.5, 0.6) is 5.75 Å². The molecule has 0 aliphatic heterocycles. The highest BCUT2D eigenvalue weighted by Crippen LogP contribution is 2.34. The molecule has 1 aromatic carbocycles. The van der Waals surface area contributed by atoms with E-state index in [-0.39, 0.29) is 6.10 Å². The zero-order valence-corrected chi connectivity index (χ0v) is 22.6. The first-order valence-electron chi connectivity index (χ1n) is 13.6. The van der Waals surface area contributed by atoms with Gasteiger partial charge in [-0.15, -0.1) is 0 Å². The fourth-order valence-corrected chi connectivity index (χ4v) is 5.34. The lowest BCUT2D eigenvalue weighted by Crippen LogP contribution is -2.30. The van der Waals surface area contributed by atoms with Gasteiger partial charge >= 0.3 is 0 Å². The molecule has 33 heavy (non-hydrogen) atoms. The summed E-state index contributed by atoms with van der Waals surface area (Å²) in [6.45, 7) is 19.9. The molecule has 2 rings (SSSR count). The van der Waals surface area contributed by atoms with Gasteiger partial charge in [0.2, 0.25) is 0 Å². The zero-order chi connectivity index (χ0) is 24.3. The van der Waals surface area contributed by atoms with E-state index in [4.69, 9.17) is 4.74 Å². The predicted octanol–water partition coefficient (Wildman–Crippen LogP) is 8.09. The molecule has 0 radical (unpaired) electrons. The van der Waals surface area contributed by atoms with E-state index in [1.807, 2.05) is 0 Å². The highest BCUT2D eigenvalue weighted by atomic mass is 16.5. The number of imidazole rings is 1. The Morgan fingerprint density at radius 3 is 2.45 bits per heavy atom. The van der Waals surface area contributed by atoms with Gasteiger partial charge < -0.3 is 14.6 Å². The Morgan fingerprint density at radius 1 is 1.03 bits per heavy atom. The number of rotatable bonds is 16. The van der Waals surface area contributed by atoms with E-state index in [2.05, 4.69) is 81.5 Å². The van der Waals surface area contributed by atoms with E-state index in [9.17, 15) is 0 Å². The molecule has 3 atom stereocenters. The van der Waals surface area contributed by atoms with E-state index >= 15 is 0 Å². The van der Waals surface area contributed by atoms with Crippen molar-refractivity contribution in [1.29, 1.82) is 0 Å². The van der Waals surface area contributed by atoms with Crippen LogP contribution in [0.1, 0.15) is 99.8 Å². The molecular weight excluding hydrogens is 406 g/mol. The summed E-state index contributed by atoms with van der Waals surface area (Å²) < 4.78 is 6.75. The summed E-state index contributed by atoms with van der Waals surface area (Å²) in [5, 5.41) is 0. The van der Waals surface area contributed by atoms with Gasteiger partial charge in [0.15, 0.2) is 0 Å². The summed E-state index contributed by atoms with van der Waals surface area (Å²) in [6.07, 6.45) is 12.0. The van der Waals surface area contributed by atoms with Gasteiger partial charge in [0.25, 0.3) is 0 Å². The molecule has 1 aromatic heterocycles. The first-order chi connectivity index (χ1) is 15.8.